The topological polar surface area (TPSA) is 117 Å². The summed E-state index contributed by atoms with van der Waals surface area (Å²) in [4.78, 5) is 32.1. The number of nitrogens with zero attached hydrogens (tertiary/aromatic N) is 2. The number of carboxylic acid groups (broad SMARTS) is 1. The molecule has 2 heterocycles. The van der Waals surface area contributed by atoms with Gasteiger partial charge in [-0.05, 0) is 30.3 Å². The first-order chi connectivity index (χ1) is 13.7. The van der Waals surface area contributed by atoms with Gasteiger partial charge in [0.15, 0.2) is 5.13 Å². The number of aromatic nitrogens is 2. The molecule has 150 valence electrons. The highest BCUT2D eigenvalue weighted by Crippen LogP contribution is 2.24. The molecule has 0 spiro atoms. The van der Waals surface area contributed by atoms with E-state index in [1.807, 2.05) is 26.8 Å². The zero-order chi connectivity index (χ0) is 21.0. The van der Waals surface area contributed by atoms with Crippen molar-refractivity contribution in [2.75, 3.05) is 10.6 Å². The maximum Gasteiger partial charge on any atom is 0.335 e. The molecule has 0 saturated heterocycles. The molecule has 0 bridgehead atoms. The van der Waals surface area contributed by atoms with Crippen molar-refractivity contribution in [3.63, 3.8) is 0 Å². The average molecular weight is 412 g/mol. The van der Waals surface area contributed by atoms with Crippen LogP contribution in [-0.4, -0.2) is 27.1 Å². The molecule has 0 unspecified atom stereocenters. The number of aromatic carboxylic acids is 1. The molecule has 8 nitrogen and oxygen atoms in total. The minimum absolute atomic E-state index is 0.109. The van der Waals surface area contributed by atoms with E-state index in [0.29, 0.717) is 16.7 Å². The fraction of sp³-hybridized carbons (Fsp3) is 0.200. The van der Waals surface area contributed by atoms with E-state index in [0.717, 1.165) is 10.6 Å². The molecule has 3 N–H and O–H groups in total. The first kappa shape index (κ1) is 20.3. The first-order valence-electron chi connectivity index (χ1n) is 8.72. The van der Waals surface area contributed by atoms with Crippen LogP contribution in [-0.2, 0) is 5.41 Å². The largest absolute Gasteiger partial charge is 0.478 e. The van der Waals surface area contributed by atoms with Gasteiger partial charge in [0.05, 0.1) is 11.8 Å². The quantitative estimate of drug-likeness (QED) is 0.546. The highest BCUT2D eigenvalue weighted by atomic mass is 32.1. The van der Waals surface area contributed by atoms with E-state index in [-0.39, 0.29) is 11.0 Å². The molecule has 29 heavy (non-hydrogen) atoms. The molecular formula is C20H20N4O4S. The standard InChI is InChI=1S/C20H20N4O4S/c1-20(2,3)15-11-21-16(28-15)9-8-14-10-22-19(29-14)24-18(27)23-13-6-4-12(5-7-13)17(25)26/h4-11H,1-3H3,(H,25,26)(H2,22,23,24,27). The van der Waals surface area contributed by atoms with Gasteiger partial charge in [-0.25, -0.2) is 19.6 Å². The number of carbonyl (C=O) groups excluding carboxylic acids is 1. The van der Waals surface area contributed by atoms with Crippen molar-refractivity contribution in [2.24, 2.45) is 0 Å². The van der Waals surface area contributed by atoms with Crippen LogP contribution in [0, 0.1) is 0 Å². The summed E-state index contributed by atoms with van der Waals surface area (Å²) in [6.45, 7) is 6.15. The smallest absolute Gasteiger partial charge is 0.335 e. The van der Waals surface area contributed by atoms with Gasteiger partial charge in [-0.2, -0.15) is 0 Å². The second kappa shape index (κ2) is 8.27. The second-order valence-electron chi connectivity index (χ2n) is 7.18. The van der Waals surface area contributed by atoms with Crippen LogP contribution in [0.25, 0.3) is 12.2 Å². The Labute approximate surface area is 171 Å². The molecular weight excluding hydrogens is 392 g/mol. The highest BCUT2D eigenvalue weighted by molar-refractivity contribution is 7.16. The normalized spacial score (nSPS) is 11.6. The van der Waals surface area contributed by atoms with Gasteiger partial charge in [-0.15, -0.1) is 0 Å². The van der Waals surface area contributed by atoms with Crippen molar-refractivity contribution in [1.82, 2.24) is 9.97 Å². The molecule has 1 aromatic carbocycles. The zero-order valence-electron chi connectivity index (χ0n) is 16.1. The van der Waals surface area contributed by atoms with Gasteiger partial charge in [0.2, 0.25) is 5.89 Å². The molecule has 2 aromatic heterocycles. The lowest BCUT2D eigenvalue weighted by Crippen LogP contribution is -2.19. The van der Waals surface area contributed by atoms with E-state index in [2.05, 4.69) is 20.6 Å². The van der Waals surface area contributed by atoms with Gasteiger partial charge in [-0.3, -0.25) is 5.32 Å². The Balaban J connectivity index is 1.57. The lowest BCUT2D eigenvalue weighted by Gasteiger charge is -2.12. The predicted molar refractivity (Wildman–Crippen MR) is 112 cm³/mol. The number of thiazole rings is 1. The lowest BCUT2D eigenvalue weighted by molar-refractivity contribution is 0.0697. The fourth-order valence-electron chi connectivity index (χ4n) is 2.24. The summed E-state index contributed by atoms with van der Waals surface area (Å²) in [5.74, 6) is 0.279. The van der Waals surface area contributed by atoms with Gasteiger partial charge >= 0.3 is 12.0 Å². The Morgan fingerprint density at radius 3 is 2.41 bits per heavy atom. The number of benzene rings is 1. The van der Waals surface area contributed by atoms with Crippen LogP contribution < -0.4 is 10.6 Å². The molecule has 0 saturated carbocycles. The van der Waals surface area contributed by atoms with Crippen LogP contribution in [0.4, 0.5) is 15.6 Å². The third kappa shape index (κ3) is 5.52. The molecule has 0 fully saturated rings. The number of urea groups is 1. The molecule has 0 aliphatic rings. The number of hydrogen-bond donors (Lipinski definition) is 3. The number of carbonyl (C=O) groups is 2. The van der Waals surface area contributed by atoms with E-state index in [9.17, 15) is 9.59 Å². The van der Waals surface area contributed by atoms with E-state index in [1.165, 1.54) is 35.6 Å². The summed E-state index contributed by atoms with van der Waals surface area (Å²) >= 11 is 1.29. The number of nitrogens with one attached hydrogen (secondary N) is 2. The number of anilines is 2. The van der Waals surface area contributed by atoms with Gasteiger partial charge in [0.1, 0.15) is 5.76 Å². The summed E-state index contributed by atoms with van der Waals surface area (Å²) < 4.78 is 5.70. The SMILES string of the molecule is CC(C)(C)c1cnc(C=Cc2cnc(NC(=O)Nc3ccc(C(=O)O)cc3)s2)o1. The molecule has 3 rings (SSSR count). The Bertz CT molecular complexity index is 1050. The third-order valence-corrected chi connectivity index (χ3v) is 4.66. The summed E-state index contributed by atoms with van der Waals surface area (Å²) in [7, 11) is 0. The zero-order valence-corrected chi connectivity index (χ0v) is 16.9. The van der Waals surface area contributed by atoms with Crippen molar-refractivity contribution in [3.05, 3.63) is 58.8 Å². The van der Waals surface area contributed by atoms with Crippen molar-refractivity contribution >= 4 is 46.3 Å². The van der Waals surface area contributed by atoms with Crippen LogP contribution in [0.5, 0.6) is 0 Å². The third-order valence-electron chi connectivity index (χ3n) is 3.79. The van der Waals surface area contributed by atoms with E-state index in [1.54, 1.807) is 18.5 Å². The maximum absolute atomic E-state index is 12.1. The minimum Gasteiger partial charge on any atom is -0.478 e. The Kier molecular flexibility index (Phi) is 5.79. The molecule has 0 aliphatic carbocycles. The van der Waals surface area contributed by atoms with Gasteiger partial charge in [0, 0.05) is 28.3 Å². The predicted octanol–water partition coefficient (Wildman–Crippen LogP) is 4.94. The van der Waals surface area contributed by atoms with Crippen molar-refractivity contribution in [2.45, 2.75) is 26.2 Å². The fourth-order valence-corrected chi connectivity index (χ4v) is 2.96. The Morgan fingerprint density at radius 2 is 1.79 bits per heavy atom. The summed E-state index contributed by atoms with van der Waals surface area (Å²) in [6, 6.07) is 5.39. The van der Waals surface area contributed by atoms with Crippen LogP contribution >= 0.6 is 11.3 Å². The Hall–Kier alpha value is -3.46. The number of hydrogen-bond acceptors (Lipinski definition) is 6. The van der Waals surface area contributed by atoms with Crippen molar-refractivity contribution in [3.8, 4) is 0 Å². The van der Waals surface area contributed by atoms with Gasteiger partial charge in [-0.1, -0.05) is 32.1 Å². The lowest BCUT2D eigenvalue weighted by atomic mass is 9.94. The highest BCUT2D eigenvalue weighted by Gasteiger charge is 2.18. The average Bonchev–Trinajstić information content (AvgIpc) is 3.29. The van der Waals surface area contributed by atoms with Crippen LogP contribution in [0.3, 0.4) is 0 Å². The molecule has 0 aliphatic heterocycles. The van der Waals surface area contributed by atoms with Crippen molar-refractivity contribution in [1.29, 1.82) is 0 Å². The maximum atomic E-state index is 12.1. The van der Waals surface area contributed by atoms with E-state index >= 15 is 0 Å². The Morgan fingerprint density at radius 1 is 1.07 bits per heavy atom. The van der Waals surface area contributed by atoms with E-state index in [4.69, 9.17) is 9.52 Å². The van der Waals surface area contributed by atoms with Gasteiger partial charge < -0.3 is 14.8 Å². The molecule has 0 radical (unpaired) electrons. The number of amides is 2. The second-order valence-corrected chi connectivity index (χ2v) is 8.24. The molecule has 0 atom stereocenters. The summed E-state index contributed by atoms with van der Waals surface area (Å²) in [6.07, 6.45) is 6.90. The van der Waals surface area contributed by atoms with Crippen LogP contribution in [0.2, 0.25) is 0 Å². The van der Waals surface area contributed by atoms with Crippen LogP contribution in [0.1, 0.15) is 47.7 Å². The molecule has 2 amide bonds. The first-order valence-corrected chi connectivity index (χ1v) is 9.54. The van der Waals surface area contributed by atoms with E-state index < -0.39 is 12.0 Å². The van der Waals surface area contributed by atoms with Crippen LogP contribution in [0.15, 0.2) is 41.1 Å². The summed E-state index contributed by atoms with van der Waals surface area (Å²) in [5.41, 5.74) is 0.512. The number of carboxylic acids is 1. The summed E-state index contributed by atoms with van der Waals surface area (Å²) in [5, 5.41) is 14.6. The molecule has 9 heteroatoms. The number of oxazole rings is 1. The molecule has 3 aromatic rings. The monoisotopic (exact) mass is 412 g/mol. The number of rotatable bonds is 5. The minimum atomic E-state index is -1.02. The van der Waals surface area contributed by atoms with Gasteiger partial charge in [0.25, 0.3) is 0 Å². The van der Waals surface area contributed by atoms with Crippen molar-refractivity contribution < 1.29 is 19.1 Å².